The van der Waals surface area contributed by atoms with Crippen molar-refractivity contribution in [3.63, 3.8) is 0 Å². The summed E-state index contributed by atoms with van der Waals surface area (Å²) in [7, 11) is 0. The lowest BCUT2D eigenvalue weighted by Crippen LogP contribution is -2.05. The van der Waals surface area contributed by atoms with Crippen LogP contribution >= 0.6 is 0 Å². The van der Waals surface area contributed by atoms with Gasteiger partial charge in [0.15, 0.2) is 0 Å². The van der Waals surface area contributed by atoms with Crippen molar-refractivity contribution in [1.82, 2.24) is 0 Å². The summed E-state index contributed by atoms with van der Waals surface area (Å²) in [5, 5.41) is 0.419. The normalized spacial score (nSPS) is 14.3. The Morgan fingerprint density at radius 2 is 2.00 bits per heavy atom. The van der Waals surface area contributed by atoms with Crippen molar-refractivity contribution in [1.29, 1.82) is 0 Å². The fraction of sp³-hybridized carbons (Fsp3) is 0.273. The van der Waals surface area contributed by atoms with Crippen molar-refractivity contribution in [3.05, 3.63) is 35.6 Å². The smallest absolute Gasteiger partial charge is 0.420 e. The molecule has 2 rings (SSSR count). The lowest BCUT2D eigenvalue weighted by Gasteiger charge is -2.06. The molecule has 0 saturated carbocycles. The zero-order valence-electron chi connectivity index (χ0n) is 8.51. The molecule has 0 amide bonds. The van der Waals surface area contributed by atoms with Gasteiger partial charge in [0.25, 0.3) is 0 Å². The predicted molar refractivity (Wildman–Crippen MR) is 53.8 cm³/mol. The number of alkyl halides is 3. The Balaban J connectivity index is 2.68. The molecule has 16 heavy (non-hydrogen) atoms. The van der Waals surface area contributed by atoms with Gasteiger partial charge in [-0.25, -0.2) is 0 Å². The fourth-order valence-corrected chi connectivity index (χ4v) is 1.53. The highest BCUT2D eigenvalue weighted by Crippen LogP contribution is 2.36. The van der Waals surface area contributed by atoms with Crippen LogP contribution < -0.4 is 5.73 Å². The van der Waals surface area contributed by atoms with Gasteiger partial charge in [-0.2, -0.15) is 13.2 Å². The number of rotatable bonds is 1. The van der Waals surface area contributed by atoms with E-state index in [9.17, 15) is 13.2 Å². The Bertz CT molecular complexity index is 513. The SMILES string of the molecule is CC(N)c1cc2cccc(C(F)(F)F)c2o1. The topological polar surface area (TPSA) is 39.2 Å². The summed E-state index contributed by atoms with van der Waals surface area (Å²) in [6.07, 6.45) is -4.41. The quantitative estimate of drug-likeness (QED) is 0.813. The maximum absolute atomic E-state index is 12.6. The zero-order chi connectivity index (χ0) is 11.9. The first-order chi connectivity index (χ1) is 7.39. The molecule has 0 aliphatic rings. The highest BCUT2D eigenvalue weighted by Gasteiger charge is 2.34. The van der Waals surface area contributed by atoms with E-state index in [4.69, 9.17) is 10.2 Å². The van der Waals surface area contributed by atoms with Crippen LogP contribution in [0.1, 0.15) is 24.3 Å². The van der Waals surface area contributed by atoms with E-state index < -0.39 is 17.8 Å². The van der Waals surface area contributed by atoms with Gasteiger partial charge >= 0.3 is 6.18 Å². The van der Waals surface area contributed by atoms with Gasteiger partial charge in [-0.05, 0) is 19.1 Å². The van der Waals surface area contributed by atoms with E-state index in [0.29, 0.717) is 11.1 Å². The Kier molecular flexibility index (Phi) is 2.42. The Hall–Kier alpha value is -1.49. The monoisotopic (exact) mass is 229 g/mol. The second-order valence-electron chi connectivity index (χ2n) is 3.66. The molecule has 1 aromatic carbocycles. The minimum Gasteiger partial charge on any atom is -0.459 e. The van der Waals surface area contributed by atoms with Gasteiger partial charge in [-0.3, -0.25) is 0 Å². The maximum atomic E-state index is 12.6. The van der Waals surface area contributed by atoms with Crippen molar-refractivity contribution in [3.8, 4) is 0 Å². The van der Waals surface area contributed by atoms with Crippen molar-refractivity contribution in [2.24, 2.45) is 5.73 Å². The standard InChI is InChI=1S/C11H10F3NO/c1-6(15)9-5-7-3-2-4-8(10(7)16-9)11(12,13)14/h2-6H,15H2,1H3. The first-order valence-electron chi connectivity index (χ1n) is 4.75. The summed E-state index contributed by atoms with van der Waals surface area (Å²) in [4.78, 5) is 0. The molecular weight excluding hydrogens is 219 g/mol. The molecule has 0 radical (unpaired) electrons. The van der Waals surface area contributed by atoms with Crippen LogP contribution in [0.5, 0.6) is 0 Å². The molecule has 0 aliphatic carbocycles. The summed E-state index contributed by atoms with van der Waals surface area (Å²) in [6, 6.07) is 5.03. The number of benzene rings is 1. The summed E-state index contributed by atoms with van der Waals surface area (Å²) < 4.78 is 43.1. The molecule has 0 bridgehead atoms. The molecule has 1 aromatic heterocycles. The lowest BCUT2D eigenvalue weighted by atomic mass is 10.1. The Morgan fingerprint density at radius 1 is 1.31 bits per heavy atom. The molecule has 2 nitrogen and oxygen atoms in total. The third-order valence-corrected chi connectivity index (χ3v) is 2.32. The molecule has 0 spiro atoms. The van der Waals surface area contributed by atoms with Crippen LogP contribution in [0.15, 0.2) is 28.7 Å². The number of furan rings is 1. The van der Waals surface area contributed by atoms with E-state index in [1.165, 1.54) is 12.1 Å². The largest absolute Gasteiger partial charge is 0.459 e. The van der Waals surface area contributed by atoms with Crippen molar-refractivity contribution >= 4 is 11.0 Å². The van der Waals surface area contributed by atoms with Crippen molar-refractivity contribution < 1.29 is 17.6 Å². The van der Waals surface area contributed by atoms with Crippen LogP contribution in [-0.2, 0) is 6.18 Å². The first-order valence-corrected chi connectivity index (χ1v) is 4.75. The van der Waals surface area contributed by atoms with E-state index >= 15 is 0 Å². The summed E-state index contributed by atoms with van der Waals surface area (Å²) in [5.41, 5.74) is 4.64. The molecular formula is C11H10F3NO. The van der Waals surface area contributed by atoms with Crippen molar-refractivity contribution in [2.45, 2.75) is 19.1 Å². The molecule has 1 unspecified atom stereocenters. The number of halogens is 3. The molecule has 2 N–H and O–H groups in total. The molecule has 5 heteroatoms. The van der Waals surface area contributed by atoms with Gasteiger partial charge in [-0.15, -0.1) is 0 Å². The molecule has 0 saturated heterocycles. The van der Waals surface area contributed by atoms with Gasteiger partial charge in [0.1, 0.15) is 11.3 Å². The first kappa shape index (κ1) is 11.0. The molecule has 86 valence electrons. The Labute approximate surface area is 89.8 Å². The van der Waals surface area contributed by atoms with E-state index in [0.717, 1.165) is 6.07 Å². The number of fused-ring (bicyclic) bond motifs is 1. The van der Waals surface area contributed by atoms with Crippen LogP contribution in [0.3, 0.4) is 0 Å². The Morgan fingerprint density at radius 3 is 2.56 bits per heavy atom. The van der Waals surface area contributed by atoms with Gasteiger partial charge in [0, 0.05) is 5.39 Å². The van der Waals surface area contributed by atoms with Crippen LogP contribution in [0, 0.1) is 0 Å². The maximum Gasteiger partial charge on any atom is 0.420 e. The second kappa shape index (κ2) is 3.52. The fourth-order valence-electron chi connectivity index (χ4n) is 1.53. The van der Waals surface area contributed by atoms with E-state index in [1.54, 1.807) is 13.0 Å². The molecule has 0 aliphatic heterocycles. The highest BCUT2D eigenvalue weighted by atomic mass is 19.4. The number of hydrogen-bond donors (Lipinski definition) is 1. The average molecular weight is 229 g/mol. The molecule has 2 aromatic rings. The molecule has 1 heterocycles. The average Bonchev–Trinajstić information content (AvgIpc) is 2.58. The number of para-hydroxylation sites is 1. The van der Waals surface area contributed by atoms with Crippen LogP contribution in [0.25, 0.3) is 11.0 Å². The van der Waals surface area contributed by atoms with Crippen LogP contribution in [0.4, 0.5) is 13.2 Å². The number of hydrogen-bond acceptors (Lipinski definition) is 2. The molecule has 1 atom stereocenters. The van der Waals surface area contributed by atoms with Crippen molar-refractivity contribution in [2.75, 3.05) is 0 Å². The van der Waals surface area contributed by atoms with Gasteiger partial charge in [0.2, 0.25) is 0 Å². The van der Waals surface area contributed by atoms with Crippen LogP contribution in [-0.4, -0.2) is 0 Å². The summed E-state index contributed by atoms with van der Waals surface area (Å²) >= 11 is 0. The van der Waals surface area contributed by atoms with Crippen LogP contribution in [0.2, 0.25) is 0 Å². The third-order valence-electron chi connectivity index (χ3n) is 2.32. The summed E-state index contributed by atoms with van der Waals surface area (Å²) in [5.74, 6) is 0.353. The van der Waals surface area contributed by atoms with E-state index in [2.05, 4.69) is 0 Å². The highest BCUT2D eigenvalue weighted by molar-refractivity contribution is 5.81. The lowest BCUT2D eigenvalue weighted by molar-refractivity contribution is -0.136. The minimum atomic E-state index is -4.41. The van der Waals surface area contributed by atoms with Gasteiger partial charge in [0.05, 0.1) is 11.6 Å². The minimum absolute atomic E-state index is 0.151. The van der Waals surface area contributed by atoms with Gasteiger partial charge in [-0.1, -0.05) is 12.1 Å². The van der Waals surface area contributed by atoms with E-state index in [1.807, 2.05) is 0 Å². The molecule has 0 fully saturated rings. The third kappa shape index (κ3) is 1.78. The van der Waals surface area contributed by atoms with E-state index in [-0.39, 0.29) is 5.58 Å². The predicted octanol–water partition coefficient (Wildman–Crippen LogP) is 3.47. The number of nitrogens with two attached hydrogens (primary N) is 1. The zero-order valence-corrected chi connectivity index (χ0v) is 8.51. The van der Waals surface area contributed by atoms with Gasteiger partial charge < -0.3 is 10.2 Å². The second-order valence-corrected chi connectivity index (χ2v) is 3.66. The summed E-state index contributed by atoms with van der Waals surface area (Å²) in [6.45, 7) is 1.66.